The van der Waals surface area contributed by atoms with E-state index in [4.69, 9.17) is 28.1 Å². The molecule has 4 aliphatic rings. The number of benzene rings is 3. The minimum absolute atomic E-state index is 0.00525. The van der Waals surface area contributed by atoms with Crippen LogP contribution in [0.2, 0.25) is 0 Å². The van der Waals surface area contributed by atoms with Crippen LogP contribution in [0, 0.1) is 0 Å². The summed E-state index contributed by atoms with van der Waals surface area (Å²) in [5.41, 5.74) is 6.07. The summed E-state index contributed by atoms with van der Waals surface area (Å²) in [4.78, 5) is 0. The lowest BCUT2D eigenvalue weighted by molar-refractivity contribution is -0.0194. The molecule has 0 spiro atoms. The van der Waals surface area contributed by atoms with Crippen LogP contribution < -0.4 is 16.4 Å². The molecule has 4 aliphatic heterocycles. The van der Waals surface area contributed by atoms with Gasteiger partial charge in [0.15, 0.2) is 0 Å². The molecule has 6 atom stereocenters. The Labute approximate surface area is 260 Å². The molecule has 4 saturated heterocycles. The van der Waals surface area contributed by atoms with Crippen LogP contribution in [0.4, 0.5) is 0 Å². The number of hydrogen-bond acceptors (Lipinski definition) is 8. The first-order valence-corrected chi connectivity index (χ1v) is 15.9. The molecule has 44 heavy (non-hydrogen) atoms. The zero-order valence-electron chi connectivity index (χ0n) is 25.3. The highest BCUT2D eigenvalue weighted by Gasteiger charge is 2.43. The van der Waals surface area contributed by atoms with Crippen molar-refractivity contribution in [3.8, 4) is 0 Å². The number of fused-ring (bicyclic) bond motifs is 2. The van der Waals surface area contributed by atoms with Gasteiger partial charge in [0.2, 0.25) is 0 Å². The van der Waals surface area contributed by atoms with Crippen molar-refractivity contribution in [2.75, 3.05) is 26.4 Å². The first-order valence-electron chi connectivity index (χ1n) is 15.9. The summed E-state index contributed by atoms with van der Waals surface area (Å²) < 4.78 is 35.9. The second kappa shape index (κ2) is 13.1. The molecule has 8 nitrogen and oxygen atoms in total. The first kappa shape index (κ1) is 30.2. The lowest BCUT2D eigenvalue weighted by atomic mass is 9.70. The molecular formula is C33H39B3O8. The predicted molar refractivity (Wildman–Crippen MR) is 170 cm³/mol. The van der Waals surface area contributed by atoms with Gasteiger partial charge in [-0.3, -0.25) is 0 Å². The van der Waals surface area contributed by atoms with Crippen molar-refractivity contribution < 1.29 is 38.1 Å². The fraction of sp³-hybridized carbons (Fsp3) is 0.455. The maximum Gasteiger partial charge on any atom is 0.494 e. The molecule has 11 heteroatoms. The Balaban J connectivity index is 1.11. The van der Waals surface area contributed by atoms with Crippen LogP contribution in [0.5, 0.6) is 0 Å². The highest BCUT2D eigenvalue weighted by molar-refractivity contribution is 6.62. The first-order chi connectivity index (χ1) is 21.4. The zero-order chi connectivity index (χ0) is 30.2. The third-order valence-electron chi connectivity index (χ3n) is 9.85. The van der Waals surface area contributed by atoms with Gasteiger partial charge in [0, 0.05) is 13.2 Å². The number of ether oxygens (including phenoxy) is 2. The summed E-state index contributed by atoms with van der Waals surface area (Å²) in [5, 5.41) is 19.4. The van der Waals surface area contributed by atoms with Crippen LogP contribution >= 0.6 is 0 Å². The van der Waals surface area contributed by atoms with E-state index in [2.05, 4.69) is 62.4 Å². The van der Waals surface area contributed by atoms with Crippen molar-refractivity contribution in [1.29, 1.82) is 0 Å². The van der Waals surface area contributed by atoms with E-state index in [1.165, 1.54) is 11.1 Å². The smallest absolute Gasteiger partial charge is 0.423 e. The van der Waals surface area contributed by atoms with E-state index in [1.54, 1.807) is 12.1 Å². The lowest BCUT2D eigenvalue weighted by Gasteiger charge is -2.31. The van der Waals surface area contributed by atoms with Gasteiger partial charge in [-0.15, -0.1) is 0 Å². The number of rotatable bonds is 8. The number of hydrogen-bond donors (Lipinski definition) is 2. The Kier molecular flexibility index (Phi) is 8.99. The molecule has 0 saturated carbocycles. The average Bonchev–Trinajstić information content (AvgIpc) is 3.70. The molecule has 4 fully saturated rings. The second-order valence-electron chi connectivity index (χ2n) is 12.6. The van der Waals surface area contributed by atoms with Crippen molar-refractivity contribution in [2.24, 2.45) is 0 Å². The zero-order valence-corrected chi connectivity index (χ0v) is 25.3. The molecule has 6 unspecified atom stereocenters. The van der Waals surface area contributed by atoms with E-state index in [0.717, 1.165) is 29.3 Å². The van der Waals surface area contributed by atoms with Crippen LogP contribution in [0.25, 0.3) is 0 Å². The fourth-order valence-electron chi connectivity index (χ4n) is 7.19. The minimum atomic E-state index is -1.50. The fourth-order valence-corrected chi connectivity index (χ4v) is 7.19. The molecule has 2 N–H and O–H groups in total. The summed E-state index contributed by atoms with van der Waals surface area (Å²) in [5.74, 6) is 0.443. The molecule has 0 bridgehead atoms. The van der Waals surface area contributed by atoms with Crippen molar-refractivity contribution in [3.05, 3.63) is 89.5 Å². The van der Waals surface area contributed by atoms with Gasteiger partial charge in [0.25, 0.3) is 0 Å². The van der Waals surface area contributed by atoms with Crippen LogP contribution in [0.15, 0.2) is 72.8 Å². The van der Waals surface area contributed by atoms with Crippen LogP contribution in [0.3, 0.4) is 0 Å². The Morgan fingerprint density at radius 3 is 1.41 bits per heavy atom. The van der Waals surface area contributed by atoms with Gasteiger partial charge in [-0.25, -0.2) is 0 Å². The molecule has 0 amide bonds. The molecule has 4 heterocycles. The molecule has 7 rings (SSSR count). The van der Waals surface area contributed by atoms with Crippen LogP contribution in [-0.2, 0) is 28.1 Å². The summed E-state index contributed by atoms with van der Waals surface area (Å²) >= 11 is 0. The van der Waals surface area contributed by atoms with Crippen molar-refractivity contribution >= 4 is 37.7 Å². The van der Waals surface area contributed by atoms with Gasteiger partial charge in [-0.1, -0.05) is 86.6 Å². The van der Waals surface area contributed by atoms with E-state index in [-0.39, 0.29) is 56.4 Å². The maximum absolute atomic E-state index is 9.70. The molecule has 3 aromatic rings. The highest BCUT2D eigenvalue weighted by atomic mass is 16.7. The molecule has 0 radical (unpaired) electrons. The monoisotopic (exact) mass is 596 g/mol. The van der Waals surface area contributed by atoms with Crippen LogP contribution in [0.1, 0.15) is 61.1 Å². The highest BCUT2D eigenvalue weighted by Crippen LogP contribution is 2.43. The standard InChI is InChI=1S/C33H39B3O8/c1-21(23-3-11-27(12-4-23)35-41-29-15-17-39-19-31(29)43-35)33(25-7-9-26(10-8-25)34(37)38)22(2)24-5-13-28(14-6-24)36-42-30-16-18-40-20-32(30)44-36/h3-14,21-22,29-33,37-38H,15-20H2,1-2H3. The molecule has 228 valence electrons. The van der Waals surface area contributed by atoms with Crippen LogP contribution in [-0.4, -0.2) is 82.2 Å². The quantitative estimate of drug-likeness (QED) is 0.381. The summed E-state index contributed by atoms with van der Waals surface area (Å²) in [6.45, 7) is 7.12. The van der Waals surface area contributed by atoms with Crippen molar-refractivity contribution in [3.63, 3.8) is 0 Å². The van der Waals surface area contributed by atoms with E-state index >= 15 is 0 Å². The topological polar surface area (TPSA) is 95.8 Å². The van der Waals surface area contributed by atoms with E-state index in [9.17, 15) is 10.0 Å². The summed E-state index contributed by atoms with van der Waals surface area (Å²) in [7, 11) is -2.24. The van der Waals surface area contributed by atoms with E-state index in [0.29, 0.717) is 31.9 Å². The van der Waals surface area contributed by atoms with Crippen molar-refractivity contribution in [1.82, 2.24) is 0 Å². The van der Waals surface area contributed by atoms with Gasteiger partial charge in [-0.2, -0.15) is 0 Å². The predicted octanol–water partition coefficient (Wildman–Crippen LogP) is 1.86. The lowest BCUT2D eigenvalue weighted by Crippen LogP contribution is -2.34. The molecule has 0 aromatic heterocycles. The van der Waals surface area contributed by atoms with E-state index < -0.39 is 7.12 Å². The van der Waals surface area contributed by atoms with Gasteiger partial charge in [0.1, 0.15) is 0 Å². The third-order valence-corrected chi connectivity index (χ3v) is 9.85. The molecule has 3 aromatic carbocycles. The Morgan fingerprint density at radius 2 is 1.00 bits per heavy atom. The van der Waals surface area contributed by atoms with Gasteiger partial charge < -0.3 is 38.1 Å². The maximum atomic E-state index is 9.70. The molecular weight excluding hydrogens is 557 g/mol. The van der Waals surface area contributed by atoms with E-state index in [1.807, 2.05) is 12.1 Å². The van der Waals surface area contributed by atoms with Crippen molar-refractivity contribution in [2.45, 2.75) is 68.9 Å². The Morgan fingerprint density at radius 1 is 0.591 bits per heavy atom. The second-order valence-corrected chi connectivity index (χ2v) is 12.6. The third kappa shape index (κ3) is 6.17. The Bertz CT molecular complexity index is 1280. The normalized spacial score (nSPS) is 27.0. The molecule has 0 aliphatic carbocycles. The summed E-state index contributed by atoms with van der Waals surface area (Å²) in [6.07, 6.45) is 1.89. The largest absolute Gasteiger partial charge is 0.494 e. The average molecular weight is 596 g/mol. The SMILES string of the molecule is CC(c1ccc(B2OC3CCOCC3O2)cc1)C(c1ccc(B(O)O)cc1)C(C)c1ccc(B2OC3CCOCC3O2)cc1. The van der Waals surface area contributed by atoms with Gasteiger partial charge >= 0.3 is 21.4 Å². The van der Waals surface area contributed by atoms with Gasteiger partial charge in [-0.05, 0) is 63.7 Å². The van der Waals surface area contributed by atoms with Gasteiger partial charge in [0.05, 0.1) is 37.6 Å². The minimum Gasteiger partial charge on any atom is -0.423 e. The Hall–Kier alpha value is -2.47. The summed E-state index contributed by atoms with van der Waals surface area (Å²) in [6, 6.07) is 24.8.